The van der Waals surface area contributed by atoms with Crippen molar-refractivity contribution in [3.8, 4) is 0 Å². The molecule has 6 nitrogen and oxygen atoms in total. The minimum Gasteiger partial charge on any atom is -0.409 e. The number of amidine groups is 1. The Morgan fingerprint density at radius 1 is 1.69 bits per heavy atom. The highest BCUT2D eigenvalue weighted by Crippen LogP contribution is 1.98. The number of rotatable bonds is 6. The highest BCUT2D eigenvalue weighted by Gasteiger charge is 2.07. The Hall–Kier alpha value is -1.56. The second-order valence-electron chi connectivity index (χ2n) is 3.90. The average molecular weight is 226 g/mol. The van der Waals surface area contributed by atoms with Gasteiger partial charge in [0.1, 0.15) is 0 Å². The molecule has 3 N–H and O–H groups in total. The van der Waals surface area contributed by atoms with E-state index in [4.69, 9.17) is 15.7 Å². The molecule has 0 aliphatic carbocycles. The van der Waals surface area contributed by atoms with Gasteiger partial charge in [-0.1, -0.05) is 19.0 Å². The van der Waals surface area contributed by atoms with Crippen molar-refractivity contribution >= 4 is 5.84 Å². The number of hydrogen-bond donors (Lipinski definition) is 2. The maximum atomic E-state index is 8.55. The van der Waals surface area contributed by atoms with E-state index < -0.39 is 0 Å². The third-order valence-corrected chi connectivity index (χ3v) is 1.98. The first-order valence-corrected chi connectivity index (χ1v) is 5.22. The van der Waals surface area contributed by atoms with E-state index in [2.05, 4.69) is 24.0 Å². The second kappa shape index (κ2) is 6.12. The molecule has 0 fully saturated rings. The van der Waals surface area contributed by atoms with Crippen LogP contribution in [0, 0.1) is 5.92 Å². The molecular formula is C10H18N4O2. The van der Waals surface area contributed by atoms with Gasteiger partial charge in [0.25, 0.3) is 0 Å². The quantitative estimate of drug-likeness (QED) is 0.245. The van der Waals surface area contributed by atoms with Crippen LogP contribution in [0.1, 0.15) is 19.7 Å². The zero-order valence-electron chi connectivity index (χ0n) is 9.63. The molecule has 6 heteroatoms. The molecule has 0 spiro atoms. The molecular weight excluding hydrogens is 208 g/mol. The lowest BCUT2D eigenvalue weighted by atomic mass is 10.2. The van der Waals surface area contributed by atoms with Crippen molar-refractivity contribution in [1.29, 1.82) is 0 Å². The van der Waals surface area contributed by atoms with Gasteiger partial charge in [-0.25, -0.2) is 4.98 Å². The predicted molar refractivity (Wildman–Crippen MR) is 60.4 cm³/mol. The lowest BCUT2D eigenvalue weighted by molar-refractivity contribution is 0.103. The van der Waals surface area contributed by atoms with Gasteiger partial charge in [-0.2, -0.15) is 0 Å². The first-order valence-electron chi connectivity index (χ1n) is 5.22. The Morgan fingerprint density at radius 2 is 2.44 bits per heavy atom. The fourth-order valence-corrected chi connectivity index (χ4v) is 1.25. The number of hydrogen-bond acceptors (Lipinski definition) is 4. The van der Waals surface area contributed by atoms with E-state index in [1.165, 1.54) is 0 Å². The van der Waals surface area contributed by atoms with Crippen molar-refractivity contribution in [1.82, 2.24) is 9.55 Å². The number of imidazole rings is 1. The maximum absolute atomic E-state index is 8.55. The number of nitrogens with zero attached hydrogens (tertiary/aromatic N) is 3. The molecule has 0 aromatic carbocycles. The molecule has 0 aliphatic heterocycles. The van der Waals surface area contributed by atoms with E-state index in [1.54, 1.807) is 17.0 Å². The molecule has 0 saturated heterocycles. The summed E-state index contributed by atoms with van der Waals surface area (Å²) in [5.74, 6) is 0.982. The number of ether oxygens (including phenoxy) is 1. The zero-order valence-corrected chi connectivity index (χ0v) is 9.63. The zero-order chi connectivity index (χ0) is 12.0. The Kier molecular flexibility index (Phi) is 4.78. The molecule has 0 atom stereocenters. The summed E-state index contributed by atoms with van der Waals surface area (Å²) in [4.78, 5) is 3.99. The van der Waals surface area contributed by atoms with E-state index in [0.717, 1.165) is 6.61 Å². The van der Waals surface area contributed by atoms with Gasteiger partial charge in [0, 0.05) is 25.5 Å². The number of oxime groups is 1. The van der Waals surface area contributed by atoms with Crippen LogP contribution in [0.15, 0.2) is 17.5 Å². The standard InChI is InChI=1S/C10H18N4O2/c1-8(2)7-16-6-5-14-4-3-12-10(14)9(11)13-15/h3-4,8,15H,5-7H2,1-2H3,(H2,11,13). The number of aromatic nitrogens is 2. The van der Waals surface area contributed by atoms with Crippen molar-refractivity contribution in [2.24, 2.45) is 16.8 Å². The number of nitrogens with two attached hydrogens (primary N) is 1. The summed E-state index contributed by atoms with van der Waals surface area (Å²) in [5.41, 5.74) is 5.47. The van der Waals surface area contributed by atoms with E-state index in [1.807, 2.05) is 0 Å². The minimum absolute atomic E-state index is 0.00820. The molecule has 90 valence electrons. The van der Waals surface area contributed by atoms with Crippen molar-refractivity contribution in [2.45, 2.75) is 20.4 Å². The van der Waals surface area contributed by atoms with E-state index in [-0.39, 0.29) is 5.84 Å². The van der Waals surface area contributed by atoms with E-state index in [0.29, 0.717) is 24.9 Å². The molecule has 0 amide bonds. The molecule has 0 radical (unpaired) electrons. The van der Waals surface area contributed by atoms with Crippen LogP contribution in [0.5, 0.6) is 0 Å². The van der Waals surface area contributed by atoms with E-state index >= 15 is 0 Å². The van der Waals surface area contributed by atoms with Crippen LogP contribution in [0.4, 0.5) is 0 Å². The highest BCUT2D eigenvalue weighted by atomic mass is 16.5. The largest absolute Gasteiger partial charge is 0.409 e. The van der Waals surface area contributed by atoms with Gasteiger partial charge in [0.05, 0.1) is 6.61 Å². The lowest BCUT2D eigenvalue weighted by Gasteiger charge is -2.09. The van der Waals surface area contributed by atoms with Gasteiger partial charge in [-0.15, -0.1) is 0 Å². The van der Waals surface area contributed by atoms with Gasteiger partial charge < -0.3 is 20.2 Å². The molecule has 1 heterocycles. The van der Waals surface area contributed by atoms with Crippen LogP contribution in [0.3, 0.4) is 0 Å². The van der Waals surface area contributed by atoms with Gasteiger partial charge in [-0.05, 0) is 5.92 Å². The summed E-state index contributed by atoms with van der Waals surface area (Å²) < 4.78 is 7.23. The smallest absolute Gasteiger partial charge is 0.206 e. The third kappa shape index (κ3) is 3.54. The van der Waals surface area contributed by atoms with Crippen LogP contribution >= 0.6 is 0 Å². The Balaban J connectivity index is 2.45. The van der Waals surface area contributed by atoms with Gasteiger partial charge in [0.15, 0.2) is 5.82 Å². The van der Waals surface area contributed by atoms with Gasteiger partial charge in [-0.3, -0.25) is 0 Å². The van der Waals surface area contributed by atoms with Crippen molar-refractivity contribution in [2.75, 3.05) is 13.2 Å². The highest BCUT2D eigenvalue weighted by molar-refractivity contribution is 5.93. The fraction of sp³-hybridized carbons (Fsp3) is 0.600. The van der Waals surface area contributed by atoms with Gasteiger partial charge in [0.2, 0.25) is 5.84 Å². The summed E-state index contributed by atoms with van der Waals surface area (Å²) in [6.07, 6.45) is 3.38. The summed E-state index contributed by atoms with van der Waals surface area (Å²) >= 11 is 0. The first kappa shape index (κ1) is 12.5. The van der Waals surface area contributed by atoms with Crippen molar-refractivity contribution < 1.29 is 9.94 Å². The SMILES string of the molecule is CC(C)COCCn1ccnc1/C(N)=N/O. The van der Waals surface area contributed by atoms with Crippen molar-refractivity contribution in [3.63, 3.8) is 0 Å². The molecule has 0 saturated carbocycles. The monoisotopic (exact) mass is 226 g/mol. The lowest BCUT2D eigenvalue weighted by Crippen LogP contribution is -2.21. The first-order chi connectivity index (χ1) is 7.65. The van der Waals surface area contributed by atoms with Crippen LogP contribution in [0.2, 0.25) is 0 Å². The Morgan fingerprint density at radius 3 is 3.06 bits per heavy atom. The van der Waals surface area contributed by atoms with Crippen LogP contribution in [-0.4, -0.2) is 33.8 Å². The van der Waals surface area contributed by atoms with Crippen molar-refractivity contribution in [3.05, 3.63) is 18.2 Å². The molecule has 1 aromatic rings. The molecule has 16 heavy (non-hydrogen) atoms. The summed E-state index contributed by atoms with van der Waals surface area (Å²) in [6, 6.07) is 0. The summed E-state index contributed by atoms with van der Waals surface area (Å²) in [5, 5.41) is 11.5. The minimum atomic E-state index is 0.00820. The van der Waals surface area contributed by atoms with Crippen LogP contribution in [0.25, 0.3) is 0 Å². The molecule has 0 unspecified atom stereocenters. The fourth-order valence-electron chi connectivity index (χ4n) is 1.25. The predicted octanol–water partition coefficient (Wildman–Crippen LogP) is 0.650. The Labute approximate surface area is 94.7 Å². The normalized spacial score (nSPS) is 12.3. The Bertz CT molecular complexity index is 346. The van der Waals surface area contributed by atoms with Gasteiger partial charge >= 0.3 is 0 Å². The maximum Gasteiger partial charge on any atom is 0.206 e. The van der Waals surface area contributed by atoms with E-state index in [9.17, 15) is 0 Å². The summed E-state index contributed by atoms with van der Waals surface area (Å²) in [7, 11) is 0. The molecule has 0 bridgehead atoms. The van der Waals surface area contributed by atoms with Crippen LogP contribution in [-0.2, 0) is 11.3 Å². The third-order valence-electron chi connectivity index (χ3n) is 1.98. The second-order valence-corrected chi connectivity index (χ2v) is 3.90. The molecule has 1 aromatic heterocycles. The van der Waals surface area contributed by atoms with Crippen LogP contribution < -0.4 is 5.73 Å². The molecule has 0 aliphatic rings. The molecule has 1 rings (SSSR count). The topological polar surface area (TPSA) is 85.7 Å². The summed E-state index contributed by atoms with van der Waals surface area (Å²) in [6.45, 7) is 6.14. The average Bonchev–Trinajstić information content (AvgIpc) is 2.71.